The van der Waals surface area contributed by atoms with E-state index in [4.69, 9.17) is 10.3 Å². The molecule has 0 aliphatic rings. The highest BCUT2D eigenvalue weighted by atomic mass is 79.9. The van der Waals surface area contributed by atoms with Crippen LogP contribution in [-0.2, 0) is 0 Å². The third-order valence-electron chi connectivity index (χ3n) is 2.68. The van der Waals surface area contributed by atoms with Gasteiger partial charge in [0.25, 0.3) is 0 Å². The van der Waals surface area contributed by atoms with E-state index in [-0.39, 0.29) is 0 Å². The average Bonchev–Trinajstić information content (AvgIpc) is 2.97. The number of nitrogens with zero attached hydrogens (tertiary/aromatic N) is 1. The first kappa shape index (κ1) is 12.9. The quantitative estimate of drug-likeness (QED) is 0.645. The molecule has 3 nitrogen and oxygen atoms in total. The molecule has 0 spiro atoms. The molecule has 0 saturated carbocycles. The van der Waals surface area contributed by atoms with Crippen LogP contribution in [0.15, 0.2) is 49.2 Å². The minimum Gasteiger partial charge on any atom is -0.367 e. The summed E-state index contributed by atoms with van der Waals surface area (Å²) in [5, 5.41) is 6.08. The van der Waals surface area contributed by atoms with Crippen LogP contribution < -0.4 is 5.73 Å². The second-order valence-corrected chi connectivity index (χ2v) is 6.56. The van der Waals surface area contributed by atoms with Crippen LogP contribution in [0.3, 0.4) is 0 Å². The van der Waals surface area contributed by atoms with Crippen molar-refractivity contribution in [2.75, 3.05) is 5.73 Å². The molecule has 0 atom stereocenters. The number of hydrogen-bond donors (Lipinski definition) is 1. The lowest BCUT2D eigenvalue weighted by Crippen LogP contribution is -1.86. The molecule has 0 fully saturated rings. The highest BCUT2D eigenvalue weighted by Gasteiger charge is 2.20. The van der Waals surface area contributed by atoms with Gasteiger partial charge in [-0.05, 0) is 45.1 Å². The summed E-state index contributed by atoms with van der Waals surface area (Å²) in [5.41, 5.74) is 8.49. The molecule has 2 N–H and O–H groups in total. The van der Waals surface area contributed by atoms with E-state index in [0.29, 0.717) is 5.88 Å². The predicted molar refractivity (Wildman–Crippen MR) is 85.1 cm³/mol. The van der Waals surface area contributed by atoms with Gasteiger partial charge in [-0.25, -0.2) is 0 Å². The van der Waals surface area contributed by atoms with E-state index in [9.17, 15) is 0 Å². The maximum Gasteiger partial charge on any atom is 0.230 e. The summed E-state index contributed by atoms with van der Waals surface area (Å²) >= 11 is 8.53. The molecule has 0 unspecified atom stereocenters. The van der Waals surface area contributed by atoms with Crippen molar-refractivity contribution in [2.24, 2.45) is 0 Å². The molecule has 0 amide bonds. The Morgan fingerprint density at radius 1 is 1.11 bits per heavy atom. The number of nitrogens with two attached hydrogens (primary N) is 1. The molecule has 2 heterocycles. The Hall–Kier alpha value is -1.11. The normalized spacial score (nSPS) is 10.8. The second-order valence-electron chi connectivity index (χ2n) is 3.87. The number of anilines is 1. The molecule has 3 aromatic rings. The van der Waals surface area contributed by atoms with Crippen molar-refractivity contribution in [1.82, 2.24) is 5.16 Å². The number of hydrogen-bond acceptors (Lipinski definition) is 4. The van der Waals surface area contributed by atoms with Crippen molar-refractivity contribution in [3.8, 4) is 21.7 Å². The van der Waals surface area contributed by atoms with Crippen molar-refractivity contribution in [3.63, 3.8) is 0 Å². The Morgan fingerprint density at radius 2 is 1.84 bits per heavy atom. The van der Waals surface area contributed by atoms with Gasteiger partial charge in [0, 0.05) is 8.95 Å². The van der Waals surface area contributed by atoms with E-state index in [1.54, 1.807) is 11.3 Å². The monoisotopic (exact) mass is 398 g/mol. The van der Waals surface area contributed by atoms with E-state index in [0.717, 1.165) is 30.6 Å². The summed E-state index contributed by atoms with van der Waals surface area (Å²) in [7, 11) is 0. The first-order valence-electron chi connectivity index (χ1n) is 5.41. The predicted octanol–water partition coefficient (Wildman–Crippen LogP) is 5.18. The lowest BCUT2D eigenvalue weighted by Gasteiger charge is -2.02. The molecule has 0 saturated heterocycles. The highest BCUT2D eigenvalue weighted by Crippen LogP contribution is 2.41. The molecule has 0 aliphatic heterocycles. The van der Waals surface area contributed by atoms with Crippen LogP contribution in [0.25, 0.3) is 21.7 Å². The fourth-order valence-electron chi connectivity index (χ4n) is 1.82. The average molecular weight is 400 g/mol. The van der Waals surface area contributed by atoms with Gasteiger partial charge in [0.1, 0.15) is 5.69 Å². The fraction of sp³-hybridized carbons (Fsp3) is 0. The summed E-state index contributed by atoms with van der Waals surface area (Å²) in [4.78, 5) is 1.01. The van der Waals surface area contributed by atoms with Crippen LogP contribution in [0.1, 0.15) is 0 Å². The standard InChI is InChI=1S/C13H8Br2N2OS/c14-8-3-1-7(2-4-8)10-11(17-18-13(10)16)12-9(15)5-6-19-12/h1-6H,16H2. The van der Waals surface area contributed by atoms with Gasteiger partial charge in [0.2, 0.25) is 5.88 Å². The molecule has 0 bridgehead atoms. The zero-order chi connectivity index (χ0) is 13.4. The van der Waals surface area contributed by atoms with Crippen molar-refractivity contribution in [3.05, 3.63) is 44.7 Å². The smallest absolute Gasteiger partial charge is 0.230 e. The minimum atomic E-state index is 0.331. The number of rotatable bonds is 2. The molecular weight excluding hydrogens is 392 g/mol. The third kappa shape index (κ3) is 2.35. The molecule has 0 aliphatic carbocycles. The third-order valence-corrected chi connectivity index (χ3v) is 5.06. The van der Waals surface area contributed by atoms with Gasteiger partial charge < -0.3 is 10.3 Å². The summed E-state index contributed by atoms with van der Waals surface area (Å²) in [6, 6.07) is 9.89. The number of halogens is 2. The van der Waals surface area contributed by atoms with Crippen LogP contribution in [0.4, 0.5) is 5.88 Å². The summed E-state index contributed by atoms with van der Waals surface area (Å²) < 4.78 is 7.17. The van der Waals surface area contributed by atoms with Gasteiger partial charge in [-0.2, -0.15) is 0 Å². The SMILES string of the molecule is Nc1onc(-c2sccc2Br)c1-c1ccc(Br)cc1. The zero-order valence-electron chi connectivity index (χ0n) is 9.56. The molecule has 1 aromatic carbocycles. The van der Waals surface area contributed by atoms with Gasteiger partial charge in [0.15, 0.2) is 0 Å². The van der Waals surface area contributed by atoms with Gasteiger partial charge in [0.05, 0.1) is 10.4 Å². The number of benzene rings is 1. The van der Waals surface area contributed by atoms with Gasteiger partial charge in [-0.1, -0.05) is 33.2 Å². The minimum absolute atomic E-state index is 0.331. The lowest BCUT2D eigenvalue weighted by molar-refractivity contribution is 0.439. The van der Waals surface area contributed by atoms with Crippen LogP contribution in [-0.4, -0.2) is 5.16 Å². The Morgan fingerprint density at radius 3 is 2.47 bits per heavy atom. The molecule has 0 radical (unpaired) electrons. The van der Waals surface area contributed by atoms with Crippen molar-refractivity contribution in [1.29, 1.82) is 0 Å². The number of nitrogen functional groups attached to an aromatic ring is 1. The topological polar surface area (TPSA) is 52.0 Å². The van der Waals surface area contributed by atoms with Crippen LogP contribution in [0.2, 0.25) is 0 Å². The summed E-state index contributed by atoms with van der Waals surface area (Å²) in [5.74, 6) is 0.331. The van der Waals surface area contributed by atoms with Crippen molar-refractivity contribution in [2.45, 2.75) is 0 Å². The Kier molecular flexibility index (Phi) is 3.47. The number of aromatic nitrogens is 1. The molecular formula is C13H8Br2N2OS. The summed E-state index contributed by atoms with van der Waals surface area (Å²) in [6.45, 7) is 0. The molecule has 2 aromatic heterocycles. The van der Waals surface area contributed by atoms with E-state index in [1.165, 1.54) is 0 Å². The lowest BCUT2D eigenvalue weighted by atomic mass is 10.1. The van der Waals surface area contributed by atoms with E-state index >= 15 is 0 Å². The molecule has 19 heavy (non-hydrogen) atoms. The van der Waals surface area contributed by atoms with E-state index in [2.05, 4.69) is 37.0 Å². The van der Waals surface area contributed by atoms with Crippen LogP contribution in [0, 0.1) is 0 Å². The summed E-state index contributed by atoms with van der Waals surface area (Å²) in [6.07, 6.45) is 0. The Bertz CT molecular complexity index is 719. The zero-order valence-corrected chi connectivity index (χ0v) is 13.5. The maximum absolute atomic E-state index is 5.92. The Balaban J connectivity index is 2.19. The largest absolute Gasteiger partial charge is 0.367 e. The first-order chi connectivity index (χ1) is 9.16. The van der Waals surface area contributed by atoms with Gasteiger partial charge in [-0.3, -0.25) is 0 Å². The number of thiophene rings is 1. The van der Waals surface area contributed by atoms with E-state index in [1.807, 2.05) is 35.7 Å². The van der Waals surface area contributed by atoms with Crippen molar-refractivity contribution < 1.29 is 4.52 Å². The second kappa shape index (κ2) is 5.11. The van der Waals surface area contributed by atoms with E-state index < -0.39 is 0 Å². The molecule has 6 heteroatoms. The highest BCUT2D eigenvalue weighted by molar-refractivity contribution is 9.10. The first-order valence-corrected chi connectivity index (χ1v) is 7.88. The van der Waals surface area contributed by atoms with Crippen LogP contribution >= 0.6 is 43.2 Å². The molecule has 96 valence electrons. The van der Waals surface area contributed by atoms with Crippen molar-refractivity contribution >= 4 is 49.1 Å². The fourth-order valence-corrected chi connectivity index (χ4v) is 3.63. The van der Waals surface area contributed by atoms with Crippen LogP contribution in [0.5, 0.6) is 0 Å². The van der Waals surface area contributed by atoms with Gasteiger partial charge in [-0.15, -0.1) is 11.3 Å². The maximum atomic E-state index is 5.92. The van der Waals surface area contributed by atoms with Gasteiger partial charge >= 0.3 is 0 Å². The Labute approximate surface area is 130 Å². The molecule has 3 rings (SSSR count).